The van der Waals surface area contributed by atoms with Gasteiger partial charge in [0, 0.05) is 0 Å². The Morgan fingerprint density at radius 1 is 1.24 bits per heavy atom. The minimum absolute atomic E-state index is 0.0647. The van der Waals surface area contributed by atoms with Gasteiger partial charge in [0.2, 0.25) is 10.0 Å². The Bertz CT molecular complexity index is 619. The molecule has 0 saturated carbocycles. The lowest BCUT2D eigenvalue weighted by Gasteiger charge is -2.10. The van der Waals surface area contributed by atoms with Crippen molar-refractivity contribution in [3.05, 3.63) is 18.2 Å². The molecule has 0 atom stereocenters. The number of hydrogen-bond donors (Lipinski definition) is 2. The van der Waals surface area contributed by atoms with Crippen molar-refractivity contribution in [1.82, 2.24) is 0 Å². The summed E-state index contributed by atoms with van der Waals surface area (Å²) in [6, 6.07) is 3.30. The molecule has 9 heteroatoms. The molecule has 17 heavy (non-hydrogen) atoms. The summed E-state index contributed by atoms with van der Waals surface area (Å²) in [5, 5.41) is 0. The van der Waals surface area contributed by atoms with Crippen LogP contribution in [0.2, 0.25) is 0 Å². The maximum Gasteiger partial charge on any atom is 0.294 e. The molecule has 1 rings (SSSR count). The van der Waals surface area contributed by atoms with Gasteiger partial charge in [0.15, 0.2) is 0 Å². The lowest BCUT2D eigenvalue weighted by molar-refractivity contribution is 0.416. The van der Waals surface area contributed by atoms with E-state index in [4.69, 9.17) is 9.29 Å². The molecule has 96 valence electrons. The smallest absolute Gasteiger partial charge is 0.294 e. The van der Waals surface area contributed by atoms with Gasteiger partial charge in [-0.25, -0.2) is 8.42 Å². The molecule has 0 saturated heterocycles. The van der Waals surface area contributed by atoms with Crippen LogP contribution in [0.15, 0.2) is 23.1 Å². The van der Waals surface area contributed by atoms with Crippen LogP contribution in [0.25, 0.3) is 0 Å². The van der Waals surface area contributed by atoms with Crippen molar-refractivity contribution in [3.63, 3.8) is 0 Å². The van der Waals surface area contributed by atoms with E-state index in [1.165, 1.54) is 13.2 Å². The van der Waals surface area contributed by atoms with Crippen molar-refractivity contribution in [3.8, 4) is 5.75 Å². The van der Waals surface area contributed by atoms with Gasteiger partial charge in [-0.05, 0) is 18.2 Å². The lowest BCUT2D eigenvalue weighted by Crippen LogP contribution is -2.11. The van der Waals surface area contributed by atoms with Crippen LogP contribution in [0.5, 0.6) is 5.75 Å². The summed E-state index contributed by atoms with van der Waals surface area (Å²) < 4.78 is 59.6. The standard InChI is InChI=1S/C8H11NO6S2/c1-15-8-4-3-6(17(12,13)14)5-7(8)9-16(2,10)11/h3-5,9H,1-2H3,(H,12,13,14). The zero-order valence-electron chi connectivity index (χ0n) is 9.04. The van der Waals surface area contributed by atoms with Crippen molar-refractivity contribution in [1.29, 1.82) is 0 Å². The Morgan fingerprint density at radius 2 is 1.82 bits per heavy atom. The van der Waals surface area contributed by atoms with E-state index in [1.807, 2.05) is 0 Å². The Kier molecular flexibility index (Phi) is 3.65. The van der Waals surface area contributed by atoms with Gasteiger partial charge in [-0.15, -0.1) is 0 Å². The van der Waals surface area contributed by atoms with Crippen molar-refractivity contribution < 1.29 is 26.1 Å². The van der Waals surface area contributed by atoms with Crippen LogP contribution in [-0.2, 0) is 20.1 Å². The summed E-state index contributed by atoms with van der Waals surface area (Å²) in [7, 11) is -6.67. The summed E-state index contributed by atoms with van der Waals surface area (Å²) in [4.78, 5) is -0.426. The maximum absolute atomic E-state index is 11.1. The normalized spacial score (nSPS) is 12.2. The highest BCUT2D eigenvalue weighted by Gasteiger charge is 2.15. The number of rotatable bonds is 4. The number of methoxy groups -OCH3 is 1. The van der Waals surface area contributed by atoms with E-state index in [0.29, 0.717) is 0 Å². The van der Waals surface area contributed by atoms with Gasteiger partial charge in [0.1, 0.15) is 5.75 Å². The number of hydrogen-bond acceptors (Lipinski definition) is 5. The lowest BCUT2D eigenvalue weighted by atomic mass is 10.3. The summed E-state index contributed by atoms with van der Waals surface area (Å²) in [5.74, 6) is 0.142. The van der Waals surface area contributed by atoms with Crippen LogP contribution >= 0.6 is 0 Å². The summed E-state index contributed by atoms with van der Waals surface area (Å²) in [5.41, 5.74) is -0.0647. The maximum atomic E-state index is 11.1. The minimum Gasteiger partial charge on any atom is -0.495 e. The third-order valence-electron chi connectivity index (χ3n) is 1.76. The van der Waals surface area contributed by atoms with Crippen molar-refractivity contribution >= 4 is 25.8 Å². The van der Waals surface area contributed by atoms with Crippen LogP contribution in [-0.4, -0.2) is 34.8 Å². The Morgan fingerprint density at radius 3 is 2.24 bits per heavy atom. The molecule has 2 N–H and O–H groups in total. The van der Waals surface area contributed by atoms with Gasteiger partial charge in [-0.3, -0.25) is 9.27 Å². The second-order valence-corrected chi connectivity index (χ2v) is 6.38. The van der Waals surface area contributed by atoms with Gasteiger partial charge in [0.25, 0.3) is 10.1 Å². The highest BCUT2D eigenvalue weighted by atomic mass is 32.2. The molecular formula is C8H11NO6S2. The molecule has 0 unspecified atom stereocenters. The number of ether oxygens (including phenoxy) is 1. The van der Waals surface area contributed by atoms with Gasteiger partial charge in [-0.1, -0.05) is 0 Å². The van der Waals surface area contributed by atoms with Crippen LogP contribution in [0.3, 0.4) is 0 Å². The first-order valence-electron chi connectivity index (χ1n) is 4.27. The molecule has 0 aromatic heterocycles. The second kappa shape index (κ2) is 4.51. The largest absolute Gasteiger partial charge is 0.495 e. The fourth-order valence-electron chi connectivity index (χ4n) is 1.13. The van der Waals surface area contributed by atoms with Gasteiger partial charge < -0.3 is 4.74 Å². The van der Waals surface area contributed by atoms with Gasteiger partial charge in [-0.2, -0.15) is 8.42 Å². The summed E-state index contributed by atoms with van der Waals surface area (Å²) >= 11 is 0. The molecule has 0 spiro atoms. The van der Waals surface area contributed by atoms with E-state index in [-0.39, 0.29) is 11.4 Å². The molecule has 0 aliphatic rings. The average molecular weight is 281 g/mol. The fourth-order valence-corrected chi connectivity index (χ4v) is 2.19. The van der Waals surface area contributed by atoms with Crippen molar-refractivity contribution in [2.24, 2.45) is 0 Å². The van der Waals surface area contributed by atoms with Crippen LogP contribution in [0.1, 0.15) is 0 Å². The zero-order chi connectivity index (χ0) is 13.3. The molecule has 1 aromatic rings. The van der Waals surface area contributed by atoms with Gasteiger partial charge >= 0.3 is 0 Å². The second-order valence-electron chi connectivity index (χ2n) is 3.21. The number of benzene rings is 1. The third-order valence-corrected chi connectivity index (χ3v) is 3.20. The average Bonchev–Trinajstić information content (AvgIpc) is 2.13. The van der Waals surface area contributed by atoms with E-state index < -0.39 is 25.0 Å². The van der Waals surface area contributed by atoms with E-state index >= 15 is 0 Å². The van der Waals surface area contributed by atoms with E-state index in [0.717, 1.165) is 18.4 Å². The summed E-state index contributed by atoms with van der Waals surface area (Å²) in [6.07, 6.45) is 0.909. The van der Waals surface area contributed by atoms with Crippen LogP contribution in [0.4, 0.5) is 5.69 Å². The molecule has 0 radical (unpaired) electrons. The highest BCUT2D eigenvalue weighted by Crippen LogP contribution is 2.27. The van der Waals surface area contributed by atoms with Crippen LogP contribution < -0.4 is 9.46 Å². The van der Waals surface area contributed by atoms with E-state index in [1.54, 1.807) is 0 Å². The molecule has 0 fully saturated rings. The fraction of sp³-hybridized carbons (Fsp3) is 0.250. The third kappa shape index (κ3) is 3.88. The highest BCUT2D eigenvalue weighted by molar-refractivity contribution is 7.92. The topological polar surface area (TPSA) is 110 Å². The number of sulfonamides is 1. The van der Waals surface area contributed by atoms with E-state index in [2.05, 4.69) is 4.72 Å². The summed E-state index contributed by atoms with van der Waals surface area (Å²) in [6.45, 7) is 0. The molecule has 0 bridgehead atoms. The predicted molar refractivity (Wildman–Crippen MR) is 61.3 cm³/mol. The molecule has 0 aliphatic heterocycles. The number of anilines is 1. The number of nitrogens with one attached hydrogen (secondary N) is 1. The molecule has 0 amide bonds. The first kappa shape index (κ1) is 13.7. The first-order valence-corrected chi connectivity index (χ1v) is 7.60. The SMILES string of the molecule is COc1ccc(S(=O)(=O)O)cc1NS(C)(=O)=O. The van der Waals surface area contributed by atoms with Crippen molar-refractivity contribution in [2.75, 3.05) is 18.1 Å². The molecule has 0 heterocycles. The molecule has 7 nitrogen and oxygen atoms in total. The Hall–Kier alpha value is -1.32. The quantitative estimate of drug-likeness (QED) is 0.769. The van der Waals surface area contributed by atoms with Crippen LogP contribution in [0, 0.1) is 0 Å². The molecule has 1 aromatic carbocycles. The Balaban J connectivity index is 3.35. The predicted octanol–water partition coefficient (Wildman–Crippen LogP) is 0.313. The molecule has 0 aliphatic carbocycles. The molecular weight excluding hydrogens is 270 g/mol. The minimum atomic E-state index is -4.40. The first-order chi connectivity index (χ1) is 7.63. The van der Waals surface area contributed by atoms with E-state index in [9.17, 15) is 16.8 Å². The van der Waals surface area contributed by atoms with Gasteiger partial charge in [0.05, 0.1) is 23.9 Å². The zero-order valence-corrected chi connectivity index (χ0v) is 10.7. The Labute approximate surface area is 99.2 Å². The van der Waals surface area contributed by atoms with Crippen molar-refractivity contribution in [2.45, 2.75) is 4.90 Å². The monoisotopic (exact) mass is 281 g/mol.